The average molecular weight is 458 g/mol. The fraction of sp³-hybridized carbons (Fsp3) is 0.318. The minimum atomic E-state index is -0.684. The summed E-state index contributed by atoms with van der Waals surface area (Å²) in [5.41, 5.74) is 3.04. The Bertz CT molecular complexity index is 958. The lowest BCUT2D eigenvalue weighted by atomic mass is 10.0. The van der Waals surface area contributed by atoms with E-state index in [1.54, 1.807) is 36.1 Å². The molecule has 7 heteroatoms. The van der Waals surface area contributed by atoms with Crippen LogP contribution in [0.5, 0.6) is 0 Å². The Hall–Kier alpha value is -2.67. The molecule has 1 heterocycles. The van der Waals surface area contributed by atoms with Gasteiger partial charge in [-0.15, -0.1) is 0 Å². The molecule has 29 heavy (non-hydrogen) atoms. The Morgan fingerprint density at radius 3 is 2.48 bits per heavy atom. The van der Waals surface area contributed by atoms with Gasteiger partial charge in [0.1, 0.15) is 6.04 Å². The van der Waals surface area contributed by atoms with Crippen LogP contribution in [-0.2, 0) is 16.0 Å². The maximum absolute atomic E-state index is 12.9. The number of carbonyl (C=O) groups excluding carboxylic acids is 3. The van der Waals surface area contributed by atoms with Gasteiger partial charge in [0.15, 0.2) is 0 Å². The minimum absolute atomic E-state index is 0.00944. The number of carbonyl (C=O) groups is 3. The Kier molecular flexibility index (Phi) is 6.37. The number of nitrogens with one attached hydrogen (secondary N) is 2. The van der Waals surface area contributed by atoms with Gasteiger partial charge in [-0.1, -0.05) is 26.0 Å². The molecule has 0 aliphatic carbocycles. The first-order chi connectivity index (χ1) is 13.8. The lowest BCUT2D eigenvalue weighted by Gasteiger charge is -2.22. The molecule has 2 aromatic rings. The van der Waals surface area contributed by atoms with Gasteiger partial charge in [0.05, 0.1) is 5.56 Å². The molecule has 2 aromatic carbocycles. The summed E-state index contributed by atoms with van der Waals surface area (Å²) in [6.45, 7) is 5.97. The van der Waals surface area contributed by atoms with Gasteiger partial charge in [0.2, 0.25) is 11.8 Å². The Morgan fingerprint density at radius 2 is 1.83 bits per heavy atom. The standard InChI is InChI=1S/C22H24BrN3O3/c1-13(2)20(25-21(28)17-6-4-5-7-18(17)23)22(29)24-16-8-9-19-15(12-16)10-11-26(19)14(3)27/h4-9,12-13,20H,10-11H2,1-3H3,(H,24,29)(H,25,28)/t20-/m1/s1. The van der Waals surface area contributed by atoms with Gasteiger partial charge < -0.3 is 15.5 Å². The molecule has 6 nitrogen and oxygen atoms in total. The van der Waals surface area contributed by atoms with Crippen LogP contribution in [0.25, 0.3) is 0 Å². The summed E-state index contributed by atoms with van der Waals surface area (Å²) in [5.74, 6) is -0.668. The summed E-state index contributed by atoms with van der Waals surface area (Å²) in [5, 5.41) is 5.73. The summed E-state index contributed by atoms with van der Waals surface area (Å²) < 4.78 is 0.675. The van der Waals surface area contributed by atoms with E-state index in [1.807, 2.05) is 32.0 Å². The quantitative estimate of drug-likeness (QED) is 0.717. The monoisotopic (exact) mass is 457 g/mol. The highest BCUT2D eigenvalue weighted by molar-refractivity contribution is 9.10. The normalized spacial score (nSPS) is 13.8. The molecule has 0 saturated heterocycles. The summed E-state index contributed by atoms with van der Waals surface area (Å²) in [4.78, 5) is 38.9. The molecule has 3 rings (SSSR count). The number of halogens is 1. The van der Waals surface area contributed by atoms with Gasteiger partial charge >= 0.3 is 0 Å². The lowest BCUT2D eigenvalue weighted by Crippen LogP contribution is -2.47. The Morgan fingerprint density at radius 1 is 1.10 bits per heavy atom. The summed E-state index contributed by atoms with van der Waals surface area (Å²) in [6, 6.07) is 11.9. The van der Waals surface area contributed by atoms with E-state index in [4.69, 9.17) is 0 Å². The van der Waals surface area contributed by atoms with E-state index in [2.05, 4.69) is 26.6 Å². The van der Waals surface area contributed by atoms with Crippen LogP contribution >= 0.6 is 15.9 Å². The zero-order chi connectivity index (χ0) is 21.1. The minimum Gasteiger partial charge on any atom is -0.340 e. The number of nitrogens with zero attached hydrogens (tertiary/aromatic N) is 1. The molecule has 0 saturated carbocycles. The highest BCUT2D eigenvalue weighted by atomic mass is 79.9. The van der Waals surface area contributed by atoms with Crippen LogP contribution in [0.15, 0.2) is 46.9 Å². The van der Waals surface area contributed by atoms with E-state index in [0.29, 0.717) is 22.3 Å². The third-order valence-corrected chi connectivity index (χ3v) is 5.67. The first-order valence-corrected chi connectivity index (χ1v) is 10.3. The predicted octanol–water partition coefficient (Wildman–Crippen LogP) is 3.75. The van der Waals surface area contributed by atoms with Crippen LogP contribution < -0.4 is 15.5 Å². The van der Waals surface area contributed by atoms with Crippen LogP contribution in [0.1, 0.15) is 36.7 Å². The summed E-state index contributed by atoms with van der Waals surface area (Å²) in [7, 11) is 0. The van der Waals surface area contributed by atoms with Crippen molar-refractivity contribution in [1.29, 1.82) is 0 Å². The summed E-state index contributed by atoms with van der Waals surface area (Å²) in [6.07, 6.45) is 0.755. The van der Waals surface area contributed by atoms with Crippen molar-refractivity contribution in [3.63, 3.8) is 0 Å². The number of rotatable bonds is 5. The van der Waals surface area contributed by atoms with E-state index >= 15 is 0 Å². The third kappa shape index (κ3) is 4.67. The fourth-order valence-corrected chi connectivity index (χ4v) is 3.89. The molecular weight excluding hydrogens is 434 g/mol. The van der Waals surface area contributed by atoms with E-state index in [0.717, 1.165) is 17.7 Å². The smallest absolute Gasteiger partial charge is 0.253 e. The lowest BCUT2D eigenvalue weighted by molar-refractivity contribution is -0.119. The first-order valence-electron chi connectivity index (χ1n) is 9.55. The van der Waals surface area contributed by atoms with Gasteiger partial charge in [0.25, 0.3) is 5.91 Å². The molecule has 1 aliphatic heterocycles. The number of anilines is 2. The van der Waals surface area contributed by atoms with E-state index in [1.165, 1.54) is 0 Å². The number of benzene rings is 2. The van der Waals surface area contributed by atoms with Crippen LogP contribution in [0.4, 0.5) is 11.4 Å². The molecule has 2 N–H and O–H groups in total. The van der Waals surface area contributed by atoms with Crippen molar-refractivity contribution in [2.24, 2.45) is 5.92 Å². The highest BCUT2D eigenvalue weighted by Gasteiger charge is 2.27. The molecule has 0 spiro atoms. The number of amides is 3. The van der Waals surface area contributed by atoms with Crippen molar-refractivity contribution < 1.29 is 14.4 Å². The van der Waals surface area contributed by atoms with Crippen molar-refractivity contribution in [2.75, 3.05) is 16.8 Å². The molecular formula is C22H24BrN3O3. The van der Waals surface area contributed by atoms with Crippen LogP contribution in [0, 0.1) is 5.92 Å². The molecule has 1 atom stereocenters. The Balaban J connectivity index is 1.73. The zero-order valence-corrected chi connectivity index (χ0v) is 18.2. The molecule has 3 amide bonds. The van der Waals surface area contributed by atoms with Crippen molar-refractivity contribution in [1.82, 2.24) is 5.32 Å². The maximum atomic E-state index is 12.9. The zero-order valence-electron chi connectivity index (χ0n) is 16.7. The van der Waals surface area contributed by atoms with Gasteiger partial charge in [0, 0.05) is 29.3 Å². The topological polar surface area (TPSA) is 78.5 Å². The van der Waals surface area contributed by atoms with E-state index in [9.17, 15) is 14.4 Å². The first kappa shape index (κ1) is 21.0. The molecule has 1 aliphatic rings. The van der Waals surface area contributed by atoms with Gasteiger partial charge in [-0.3, -0.25) is 14.4 Å². The molecule has 0 unspecified atom stereocenters. The molecule has 0 bridgehead atoms. The van der Waals surface area contributed by atoms with E-state index in [-0.39, 0.29) is 23.6 Å². The molecule has 0 aromatic heterocycles. The van der Waals surface area contributed by atoms with Gasteiger partial charge in [-0.05, 0) is 64.2 Å². The summed E-state index contributed by atoms with van der Waals surface area (Å²) >= 11 is 3.37. The van der Waals surface area contributed by atoms with Crippen molar-refractivity contribution in [2.45, 2.75) is 33.2 Å². The highest BCUT2D eigenvalue weighted by Crippen LogP contribution is 2.30. The third-order valence-electron chi connectivity index (χ3n) is 4.98. The predicted molar refractivity (Wildman–Crippen MR) is 117 cm³/mol. The van der Waals surface area contributed by atoms with Crippen molar-refractivity contribution in [3.8, 4) is 0 Å². The average Bonchev–Trinajstić information content (AvgIpc) is 3.09. The second-order valence-electron chi connectivity index (χ2n) is 7.43. The van der Waals surface area contributed by atoms with E-state index < -0.39 is 6.04 Å². The molecule has 152 valence electrons. The fourth-order valence-electron chi connectivity index (χ4n) is 3.43. The Labute approximate surface area is 178 Å². The SMILES string of the molecule is CC(=O)N1CCc2cc(NC(=O)[C@H](NC(=O)c3ccccc3Br)C(C)C)ccc21. The molecule has 0 fully saturated rings. The van der Waals surface area contributed by atoms with Crippen LogP contribution in [-0.4, -0.2) is 30.3 Å². The van der Waals surface area contributed by atoms with Crippen LogP contribution in [0.2, 0.25) is 0 Å². The second kappa shape index (κ2) is 8.78. The second-order valence-corrected chi connectivity index (χ2v) is 8.28. The van der Waals surface area contributed by atoms with Gasteiger partial charge in [-0.2, -0.15) is 0 Å². The number of fused-ring (bicyclic) bond motifs is 1. The van der Waals surface area contributed by atoms with Crippen LogP contribution in [0.3, 0.4) is 0 Å². The maximum Gasteiger partial charge on any atom is 0.253 e. The number of hydrogen-bond donors (Lipinski definition) is 2. The number of hydrogen-bond acceptors (Lipinski definition) is 3. The van der Waals surface area contributed by atoms with Crippen molar-refractivity contribution in [3.05, 3.63) is 58.1 Å². The van der Waals surface area contributed by atoms with Gasteiger partial charge in [-0.25, -0.2) is 0 Å². The largest absolute Gasteiger partial charge is 0.340 e. The van der Waals surface area contributed by atoms with Crippen molar-refractivity contribution >= 4 is 45.0 Å². The molecule has 0 radical (unpaired) electrons.